The first kappa shape index (κ1) is 14.0. The van der Waals surface area contributed by atoms with Gasteiger partial charge >= 0.3 is 6.03 Å². The number of carbonyl (C=O) groups is 1. The zero-order chi connectivity index (χ0) is 14.8. The predicted molar refractivity (Wildman–Crippen MR) is 80.6 cm³/mol. The lowest BCUT2D eigenvalue weighted by Gasteiger charge is -2.01. The number of carbonyl (C=O) groups excluding carboxylic acids is 1. The van der Waals surface area contributed by atoms with Crippen molar-refractivity contribution in [3.05, 3.63) is 22.8 Å². The number of aromatic nitrogens is 3. The maximum Gasteiger partial charge on any atom is 0.326 e. The smallest absolute Gasteiger partial charge is 0.326 e. The number of nitrogens with one attached hydrogen (secondary N) is 3. The molecular formula is C13H17N5O2S. The van der Waals surface area contributed by atoms with Gasteiger partial charge in [0, 0.05) is 30.2 Å². The van der Waals surface area contributed by atoms with Gasteiger partial charge in [-0.2, -0.15) is 5.10 Å². The Morgan fingerprint density at radius 3 is 3.10 bits per heavy atom. The molecule has 7 nitrogen and oxygen atoms in total. The molecule has 3 rings (SSSR count). The van der Waals surface area contributed by atoms with Gasteiger partial charge in [0.1, 0.15) is 0 Å². The van der Waals surface area contributed by atoms with Crippen LogP contribution in [0.3, 0.4) is 0 Å². The first-order chi connectivity index (χ1) is 10.2. The highest BCUT2D eigenvalue weighted by Crippen LogP contribution is 2.46. The number of aromatic amines is 1. The number of amides is 2. The minimum atomic E-state index is -0.352. The fourth-order valence-electron chi connectivity index (χ4n) is 2.17. The van der Waals surface area contributed by atoms with Gasteiger partial charge in [0.05, 0.1) is 12.3 Å². The highest BCUT2D eigenvalue weighted by molar-refractivity contribution is 7.13. The molecule has 0 unspecified atom stereocenters. The van der Waals surface area contributed by atoms with Crippen LogP contribution in [0.25, 0.3) is 0 Å². The third-order valence-electron chi connectivity index (χ3n) is 3.41. The first-order valence-electron chi connectivity index (χ1n) is 6.72. The van der Waals surface area contributed by atoms with Crippen molar-refractivity contribution in [2.75, 3.05) is 17.7 Å². The van der Waals surface area contributed by atoms with Crippen LogP contribution >= 0.6 is 11.3 Å². The lowest BCUT2D eigenvalue weighted by atomic mass is 10.2. The average molecular weight is 307 g/mol. The third-order valence-corrected chi connectivity index (χ3v) is 4.22. The molecule has 1 aliphatic rings. The monoisotopic (exact) mass is 307 g/mol. The average Bonchev–Trinajstić information content (AvgIpc) is 2.85. The second kappa shape index (κ2) is 5.82. The Balaban J connectivity index is 1.54. The molecule has 2 aromatic rings. The summed E-state index contributed by atoms with van der Waals surface area (Å²) in [5, 5.41) is 14.8. The maximum atomic E-state index is 11.9. The van der Waals surface area contributed by atoms with Crippen LogP contribution in [-0.2, 0) is 11.3 Å². The topological polar surface area (TPSA) is 91.9 Å². The van der Waals surface area contributed by atoms with Gasteiger partial charge in [-0.25, -0.2) is 9.78 Å². The van der Waals surface area contributed by atoms with E-state index in [1.165, 1.54) is 17.8 Å². The molecule has 0 aliphatic heterocycles. The fourth-order valence-corrected chi connectivity index (χ4v) is 2.86. The van der Waals surface area contributed by atoms with Crippen molar-refractivity contribution in [1.29, 1.82) is 0 Å². The van der Waals surface area contributed by atoms with Crippen LogP contribution in [-0.4, -0.2) is 28.3 Å². The van der Waals surface area contributed by atoms with E-state index in [1.807, 2.05) is 11.4 Å². The van der Waals surface area contributed by atoms with E-state index < -0.39 is 0 Å². The second-order valence-electron chi connectivity index (χ2n) is 5.18. The molecule has 112 valence electrons. The number of hydrogen-bond acceptors (Lipinski definition) is 5. The summed E-state index contributed by atoms with van der Waals surface area (Å²) in [5.74, 6) is 1.77. The molecule has 21 heavy (non-hydrogen) atoms. The Bertz CT molecular complexity index is 638. The van der Waals surface area contributed by atoms with Gasteiger partial charge < -0.3 is 4.74 Å². The number of rotatable bonds is 5. The zero-order valence-corrected chi connectivity index (χ0v) is 12.7. The fraction of sp³-hybridized carbons (Fsp3) is 0.462. The van der Waals surface area contributed by atoms with Crippen LogP contribution < -0.4 is 10.6 Å². The Kier molecular flexibility index (Phi) is 3.89. The van der Waals surface area contributed by atoms with Crippen LogP contribution in [0.2, 0.25) is 0 Å². The summed E-state index contributed by atoms with van der Waals surface area (Å²) < 4.78 is 4.98. The van der Waals surface area contributed by atoms with E-state index in [1.54, 1.807) is 7.11 Å². The van der Waals surface area contributed by atoms with Crippen molar-refractivity contribution in [2.45, 2.75) is 25.9 Å². The molecule has 2 heterocycles. The Labute approximate surface area is 126 Å². The van der Waals surface area contributed by atoms with E-state index in [0.717, 1.165) is 11.4 Å². The van der Waals surface area contributed by atoms with Crippen LogP contribution in [0.1, 0.15) is 30.7 Å². The summed E-state index contributed by atoms with van der Waals surface area (Å²) in [6.07, 6.45) is 1.18. The van der Waals surface area contributed by atoms with Gasteiger partial charge in [-0.15, -0.1) is 11.3 Å². The highest BCUT2D eigenvalue weighted by atomic mass is 32.1. The number of ether oxygens (including phenoxy) is 1. The number of urea groups is 1. The Hall–Kier alpha value is -1.93. The van der Waals surface area contributed by atoms with Crippen LogP contribution in [0.15, 0.2) is 11.4 Å². The number of hydrogen-bond donors (Lipinski definition) is 3. The zero-order valence-electron chi connectivity index (χ0n) is 11.8. The number of nitrogens with zero attached hydrogens (tertiary/aromatic N) is 2. The van der Waals surface area contributed by atoms with Crippen molar-refractivity contribution in [3.8, 4) is 0 Å². The lowest BCUT2D eigenvalue weighted by Crippen LogP contribution is -2.19. The summed E-state index contributed by atoms with van der Waals surface area (Å²) in [7, 11) is 1.61. The molecule has 0 radical (unpaired) electrons. The van der Waals surface area contributed by atoms with Gasteiger partial charge in [0.15, 0.2) is 10.9 Å². The molecule has 0 bridgehead atoms. The summed E-state index contributed by atoms with van der Waals surface area (Å²) in [4.78, 5) is 16.1. The molecule has 1 aliphatic carbocycles. The van der Waals surface area contributed by atoms with Crippen molar-refractivity contribution in [2.24, 2.45) is 5.92 Å². The molecule has 2 atom stereocenters. The normalized spacial score (nSPS) is 20.3. The van der Waals surface area contributed by atoms with Gasteiger partial charge in [-0.3, -0.25) is 15.7 Å². The van der Waals surface area contributed by atoms with E-state index in [4.69, 9.17) is 4.74 Å². The molecule has 3 N–H and O–H groups in total. The molecule has 0 aromatic carbocycles. The van der Waals surface area contributed by atoms with E-state index in [9.17, 15) is 4.79 Å². The van der Waals surface area contributed by atoms with E-state index >= 15 is 0 Å². The molecule has 1 fully saturated rings. The summed E-state index contributed by atoms with van der Waals surface area (Å²) in [5.41, 5.74) is 1.87. The van der Waals surface area contributed by atoms with Crippen LogP contribution in [0, 0.1) is 5.92 Å². The van der Waals surface area contributed by atoms with Crippen LogP contribution in [0.5, 0.6) is 0 Å². The Morgan fingerprint density at radius 1 is 1.57 bits per heavy atom. The quantitative estimate of drug-likeness (QED) is 0.792. The number of thiazole rings is 1. The molecule has 8 heteroatoms. The summed E-state index contributed by atoms with van der Waals surface area (Å²) >= 11 is 1.36. The van der Waals surface area contributed by atoms with Crippen molar-refractivity contribution >= 4 is 28.3 Å². The standard InChI is InChI=1S/C13H17N5O2S/c1-7-3-9(7)10-4-11(18-17-10)15-12(19)16-13-14-8(5-20-2)6-21-13/h4,6-7,9H,3,5H2,1-2H3,(H3,14,15,16,17,18,19)/t7-,9+/m0/s1. The van der Waals surface area contributed by atoms with Crippen molar-refractivity contribution in [1.82, 2.24) is 15.2 Å². The van der Waals surface area contributed by atoms with Crippen molar-refractivity contribution < 1.29 is 9.53 Å². The molecule has 2 amide bonds. The number of anilines is 2. The lowest BCUT2D eigenvalue weighted by molar-refractivity contribution is 0.182. The SMILES string of the molecule is COCc1csc(NC(=O)Nc2cc([C@@H]3C[C@@H]3C)[nH]n2)n1. The molecule has 0 spiro atoms. The van der Waals surface area contributed by atoms with E-state index in [2.05, 4.69) is 32.7 Å². The minimum Gasteiger partial charge on any atom is -0.378 e. The van der Waals surface area contributed by atoms with Crippen LogP contribution in [0.4, 0.5) is 15.7 Å². The van der Waals surface area contributed by atoms with E-state index in [-0.39, 0.29) is 6.03 Å². The van der Waals surface area contributed by atoms with Gasteiger partial charge in [0.2, 0.25) is 0 Å². The number of H-pyrrole nitrogens is 1. The molecule has 2 aromatic heterocycles. The van der Waals surface area contributed by atoms with Crippen molar-refractivity contribution in [3.63, 3.8) is 0 Å². The molecular weight excluding hydrogens is 290 g/mol. The largest absolute Gasteiger partial charge is 0.378 e. The first-order valence-corrected chi connectivity index (χ1v) is 7.60. The Morgan fingerprint density at radius 2 is 2.38 bits per heavy atom. The van der Waals surface area contributed by atoms with Gasteiger partial charge in [0.25, 0.3) is 0 Å². The number of methoxy groups -OCH3 is 1. The van der Waals surface area contributed by atoms with E-state index in [0.29, 0.717) is 29.4 Å². The maximum absolute atomic E-state index is 11.9. The second-order valence-corrected chi connectivity index (χ2v) is 6.04. The predicted octanol–water partition coefficient (Wildman–Crippen LogP) is 2.78. The summed E-state index contributed by atoms with van der Waals surface area (Å²) in [6, 6.07) is 1.53. The minimum absolute atomic E-state index is 0.352. The third kappa shape index (κ3) is 3.40. The van der Waals surface area contributed by atoms with Gasteiger partial charge in [-0.1, -0.05) is 6.92 Å². The molecule has 0 saturated heterocycles. The van der Waals surface area contributed by atoms with Gasteiger partial charge in [-0.05, 0) is 12.3 Å². The highest BCUT2D eigenvalue weighted by Gasteiger charge is 2.35. The summed E-state index contributed by atoms with van der Waals surface area (Å²) in [6.45, 7) is 2.63. The molecule has 1 saturated carbocycles.